The summed E-state index contributed by atoms with van der Waals surface area (Å²) in [6.07, 6.45) is 9.31. The molecular formula is C21H21N7O2. The van der Waals surface area contributed by atoms with Crippen LogP contribution in [0.15, 0.2) is 43.1 Å². The van der Waals surface area contributed by atoms with Crippen molar-refractivity contribution in [2.24, 2.45) is 5.92 Å². The molecule has 2 saturated heterocycles. The first-order valence-electron chi connectivity index (χ1n) is 10.1. The number of amides is 1. The molecule has 1 unspecified atom stereocenters. The van der Waals surface area contributed by atoms with Gasteiger partial charge < -0.3 is 9.30 Å². The highest BCUT2D eigenvalue weighted by molar-refractivity contribution is 5.79. The van der Waals surface area contributed by atoms with Gasteiger partial charge in [-0.15, -0.1) is 0 Å². The first-order chi connectivity index (χ1) is 14.7. The third-order valence-corrected chi connectivity index (χ3v) is 5.85. The van der Waals surface area contributed by atoms with Crippen LogP contribution in [0, 0.1) is 17.2 Å². The second-order valence-corrected chi connectivity index (χ2v) is 7.59. The molecule has 0 bridgehead atoms. The number of pyridine rings is 1. The molecule has 0 radical (unpaired) electrons. The molecule has 0 saturated carbocycles. The van der Waals surface area contributed by atoms with E-state index in [4.69, 9.17) is 10.1 Å². The number of piperidine rings is 1. The molecule has 3 aromatic rings. The predicted molar refractivity (Wildman–Crippen MR) is 107 cm³/mol. The minimum absolute atomic E-state index is 0.0447. The molecule has 0 N–H and O–H groups in total. The summed E-state index contributed by atoms with van der Waals surface area (Å²) in [5.74, 6) is 0.691. The van der Waals surface area contributed by atoms with Gasteiger partial charge in [0.25, 0.3) is 0 Å². The summed E-state index contributed by atoms with van der Waals surface area (Å²) in [4.78, 5) is 33.6. The Morgan fingerprint density at radius 1 is 1.17 bits per heavy atom. The SMILES string of the molecule is N#Cc1cc(N2CCC(C(=O)N3OCCC3c3ccc4nccn4c3)CC2)ncn1. The number of hydrogen-bond donors (Lipinski definition) is 0. The molecule has 2 aliphatic rings. The predicted octanol–water partition coefficient (Wildman–Crippen LogP) is 2.12. The smallest absolute Gasteiger partial charge is 0.249 e. The van der Waals surface area contributed by atoms with Crippen molar-refractivity contribution in [2.75, 3.05) is 24.6 Å². The Morgan fingerprint density at radius 3 is 2.87 bits per heavy atom. The van der Waals surface area contributed by atoms with E-state index >= 15 is 0 Å². The van der Waals surface area contributed by atoms with Gasteiger partial charge in [-0.3, -0.25) is 9.63 Å². The largest absolute Gasteiger partial charge is 0.356 e. The van der Waals surface area contributed by atoms with Gasteiger partial charge in [0.05, 0.1) is 12.6 Å². The lowest BCUT2D eigenvalue weighted by Crippen LogP contribution is -2.42. The Balaban J connectivity index is 1.27. The highest BCUT2D eigenvalue weighted by Crippen LogP contribution is 2.34. The molecule has 30 heavy (non-hydrogen) atoms. The molecule has 1 amide bonds. The summed E-state index contributed by atoms with van der Waals surface area (Å²) in [7, 11) is 0. The third-order valence-electron chi connectivity index (χ3n) is 5.85. The molecule has 5 rings (SSSR count). The fourth-order valence-corrected chi connectivity index (χ4v) is 4.24. The van der Waals surface area contributed by atoms with Gasteiger partial charge in [0.2, 0.25) is 5.91 Å². The topological polar surface area (TPSA) is 99.7 Å². The van der Waals surface area contributed by atoms with Gasteiger partial charge in [0.15, 0.2) is 0 Å². The average Bonchev–Trinajstić information content (AvgIpc) is 3.47. The molecule has 0 aliphatic carbocycles. The number of anilines is 1. The average molecular weight is 403 g/mol. The normalized spacial score (nSPS) is 19.9. The maximum absolute atomic E-state index is 13.2. The van der Waals surface area contributed by atoms with Crippen molar-refractivity contribution in [3.63, 3.8) is 0 Å². The number of carbonyl (C=O) groups excluding carboxylic acids is 1. The first kappa shape index (κ1) is 18.5. The van der Waals surface area contributed by atoms with Crippen molar-refractivity contribution in [1.29, 1.82) is 5.26 Å². The van der Waals surface area contributed by atoms with Gasteiger partial charge in [-0.05, 0) is 24.5 Å². The Kier molecular flexibility index (Phi) is 4.77. The number of nitriles is 1. The number of hydroxylamine groups is 2. The van der Waals surface area contributed by atoms with E-state index in [-0.39, 0.29) is 17.9 Å². The Morgan fingerprint density at radius 2 is 2.03 bits per heavy atom. The van der Waals surface area contributed by atoms with Gasteiger partial charge in [0, 0.05) is 50.1 Å². The summed E-state index contributed by atoms with van der Waals surface area (Å²) in [5, 5.41) is 10.6. The van der Waals surface area contributed by atoms with Crippen LogP contribution in [0.4, 0.5) is 5.82 Å². The van der Waals surface area contributed by atoms with Gasteiger partial charge in [-0.25, -0.2) is 20.0 Å². The van der Waals surface area contributed by atoms with Crippen molar-refractivity contribution in [3.8, 4) is 6.07 Å². The zero-order valence-corrected chi connectivity index (χ0v) is 16.4. The molecule has 1 atom stereocenters. The van der Waals surface area contributed by atoms with E-state index in [2.05, 4.69) is 19.9 Å². The molecule has 2 fully saturated rings. The number of aromatic nitrogens is 4. The second kappa shape index (κ2) is 7.72. The highest BCUT2D eigenvalue weighted by Gasteiger charge is 2.37. The van der Waals surface area contributed by atoms with Gasteiger partial charge in [-0.1, -0.05) is 6.07 Å². The number of hydrogen-bond acceptors (Lipinski definition) is 7. The lowest BCUT2D eigenvalue weighted by atomic mass is 9.94. The van der Waals surface area contributed by atoms with Crippen LogP contribution in [0.2, 0.25) is 0 Å². The number of nitrogens with zero attached hydrogens (tertiary/aromatic N) is 7. The van der Waals surface area contributed by atoms with Crippen LogP contribution in [0.1, 0.15) is 36.6 Å². The van der Waals surface area contributed by atoms with Gasteiger partial charge >= 0.3 is 0 Å². The molecule has 0 aromatic carbocycles. The van der Waals surface area contributed by atoms with Crippen LogP contribution in [0.5, 0.6) is 0 Å². The molecular weight excluding hydrogens is 382 g/mol. The Bertz CT molecular complexity index is 1110. The lowest BCUT2D eigenvalue weighted by molar-refractivity contribution is -0.182. The number of carbonyl (C=O) groups is 1. The van der Waals surface area contributed by atoms with Crippen LogP contribution < -0.4 is 4.90 Å². The van der Waals surface area contributed by atoms with E-state index in [1.54, 1.807) is 17.3 Å². The monoisotopic (exact) mass is 403 g/mol. The van der Waals surface area contributed by atoms with Crippen LogP contribution in [0.3, 0.4) is 0 Å². The summed E-state index contributed by atoms with van der Waals surface area (Å²) in [6, 6.07) is 7.63. The second-order valence-electron chi connectivity index (χ2n) is 7.59. The van der Waals surface area contributed by atoms with Crippen LogP contribution in [0.25, 0.3) is 5.65 Å². The number of rotatable bonds is 3. The maximum Gasteiger partial charge on any atom is 0.249 e. The first-order valence-corrected chi connectivity index (χ1v) is 10.1. The lowest BCUT2D eigenvalue weighted by Gasteiger charge is -2.34. The molecule has 3 aromatic heterocycles. The summed E-state index contributed by atoms with van der Waals surface area (Å²) in [5.41, 5.74) is 2.28. The zero-order chi connectivity index (χ0) is 20.5. The van der Waals surface area contributed by atoms with Crippen molar-refractivity contribution in [2.45, 2.75) is 25.3 Å². The van der Waals surface area contributed by atoms with Crippen molar-refractivity contribution in [3.05, 3.63) is 54.4 Å². The van der Waals surface area contributed by atoms with Crippen LogP contribution in [-0.2, 0) is 9.63 Å². The Labute approximate surface area is 173 Å². The fraction of sp³-hybridized carbons (Fsp3) is 0.381. The highest BCUT2D eigenvalue weighted by atomic mass is 16.7. The van der Waals surface area contributed by atoms with Crippen molar-refractivity contribution in [1.82, 2.24) is 24.4 Å². The molecule has 5 heterocycles. The molecule has 2 aliphatic heterocycles. The van der Waals surface area contributed by atoms with E-state index in [1.807, 2.05) is 35.0 Å². The molecule has 9 nitrogen and oxygen atoms in total. The quantitative estimate of drug-likeness (QED) is 0.660. The fourth-order valence-electron chi connectivity index (χ4n) is 4.24. The van der Waals surface area contributed by atoms with E-state index in [0.29, 0.717) is 25.4 Å². The molecule has 0 spiro atoms. The van der Waals surface area contributed by atoms with Crippen LogP contribution >= 0.6 is 0 Å². The van der Waals surface area contributed by atoms with Crippen molar-refractivity contribution >= 4 is 17.4 Å². The standard InChI is InChI=1S/C21H21N7O2/c22-12-17-11-20(25-14-24-17)26-7-3-15(4-8-26)21(29)28-18(5-10-30-28)16-1-2-19-23-6-9-27(19)13-16/h1-2,6,9,11,13-15,18H,3-5,7-8,10H2. The van der Waals surface area contributed by atoms with E-state index in [0.717, 1.165) is 36.3 Å². The Hall–Kier alpha value is -3.51. The van der Waals surface area contributed by atoms with Crippen molar-refractivity contribution < 1.29 is 9.63 Å². The summed E-state index contributed by atoms with van der Waals surface area (Å²) in [6.45, 7) is 1.95. The summed E-state index contributed by atoms with van der Waals surface area (Å²) < 4.78 is 1.96. The third kappa shape index (κ3) is 3.35. The molecule has 9 heteroatoms. The van der Waals surface area contributed by atoms with E-state index in [9.17, 15) is 4.79 Å². The number of imidazole rings is 1. The van der Waals surface area contributed by atoms with Gasteiger partial charge in [-0.2, -0.15) is 5.26 Å². The minimum Gasteiger partial charge on any atom is -0.356 e. The van der Waals surface area contributed by atoms with Crippen LogP contribution in [-0.4, -0.2) is 50.0 Å². The zero-order valence-electron chi connectivity index (χ0n) is 16.4. The maximum atomic E-state index is 13.2. The number of fused-ring (bicyclic) bond motifs is 1. The summed E-state index contributed by atoms with van der Waals surface area (Å²) >= 11 is 0. The van der Waals surface area contributed by atoms with E-state index in [1.165, 1.54) is 6.33 Å². The van der Waals surface area contributed by atoms with Gasteiger partial charge in [0.1, 0.15) is 29.6 Å². The minimum atomic E-state index is -0.0869. The molecule has 152 valence electrons. The van der Waals surface area contributed by atoms with E-state index < -0.39 is 0 Å².